The van der Waals surface area contributed by atoms with E-state index in [1.807, 2.05) is 69.0 Å². The Hall–Kier alpha value is -8.73. The predicted octanol–water partition coefficient (Wildman–Crippen LogP) is 31.9. The van der Waals surface area contributed by atoms with Crippen molar-refractivity contribution in [1.82, 2.24) is 0 Å². The molecular weight excluding hydrogens is 2110 g/mol. The molecule has 1 aliphatic rings. The molecule has 0 amide bonds. The zero-order valence-corrected chi connectivity index (χ0v) is 91.0. The Morgan fingerprint density at radius 3 is 0.637 bits per heavy atom. The standard InChI is InChI=1S/4C18H15P.C13H10S3.C10H15BO2S.C9H8S2.C8H5BrS2.C4H3BrS.Pd/c4*1-4-10-16(11-5-1)19(17-12-6-2-7-13-17)18-14-8-3-9-15-18;1-9-7-13(15-8-9)12-5-4-11(16-12)10-3-2-6-14-10;1-9(2)10(3,4)13-11(12-9)8-6-5-7-14-8;1-7-5-9(11-6-7)8-3-2-4-10-8;9-8-4-3-7(11-8)6-2-1-5-10-6;5-4-2-1-3-6-4;/h4*1-15H;2-8H,1H3;5-7H,1-4H3;2-6H,1H3;1-5H;1-3H;. The molecule has 10 heterocycles. The molecule has 22 rings (SSSR count). The van der Waals surface area contributed by atoms with Crippen molar-refractivity contribution in [2.24, 2.45) is 0 Å². The Labute approximate surface area is 870 Å². The molecule has 0 aliphatic carbocycles. The fourth-order valence-corrected chi connectivity index (χ4v) is 31.4. The van der Waals surface area contributed by atoms with Crippen molar-refractivity contribution < 1.29 is 29.7 Å². The molecule has 1 fully saturated rings. The molecule has 0 N–H and O–H groups in total. The maximum absolute atomic E-state index is 5.90. The third kappa shape index (κ3) is 31.6. The first-order valence-corrected chi connectivity index (χ1v) is 58.4. The van der Waals surface area contributed by atoms with E-state index in [9.17, 15) is 0 Å². The molecule has 1 saturated heterocycles. The van der Waals surface area contributed by atoms with E-state index in [1.165, 1.54) is 121 Å². The van der Waals surface area contributed by atoms with Crippen molar-refractivity contribution in [1.29, 1.82) is 0 Å². The quantitative estimate of drug-likeness (QED) is 0.0668. The van der Waals surface area contributed by atoms with Gasteiger partial charge in [0.1, 0.15) is 0 Å². The van der Waals surface area contributed by atoms with Gasteiger partial charge in [0.05, 0.1) is 18.8 Å². The van der Waals surface area contributed by atoms with E-state index in [-0.39, 0.29) is 38.7 Å². The van der Waals surface area contributed by atoms with Gasteiger partial charge in [0, 0.05) is 64.2 Å². The molecule has 0 saturated carbocycles. The SMILES string of the molecule is Brc1ccc(-c2cccs2)s1.Brc1cccs1.CC1(C)OB(c2cccs2)OC1(C)C.Cc1csc(-c2ccc(-c3cccs3)s2)c1.Cc1csc(-c2cccs2)c1.[Pd].c1ccc(P(c2ccccc2)c2ccccc2)cc1.c1ccc(P(c2ccccc2)c2ccccc2)cc1.c1ccc(P(c2ccccc2)c2ccccc2)cc1.c1ccc(P(c2ccccc2)c2ccccc2)cc1. The first kappa shape index (κ1) is 104. The zero-order valence-electron chi connectivity index (χ0n) is 75.3. The van der Waals surface area contributed by atoms with E-state index in [2.05, 4.69) is 537 Å². The molecule has 9 aromatic heterocycles. The first-order chi connectivity index (χ1) is 65.7. The molecule has 678 valence electrons. The Kier molecular flexibility index (Phi) is 42.3. The summed E-state index contributed by atoms with van der Waals surface area (Å²) in [6, 6.07) is 163. The minimum absolute atomic E-state index is 0. The molecule has 21 aromatic rings. The molecule has 0 spiro atoms. The van der Waals surface area contributed by atoms with Gasteiger partial charge < -0.3 is 9.31 Å². The van der Waals surface area contributed by atoms with Crippen molar-refractivity contribution >= 4 is 241 Å². The number of halogens is 2. The summed E-state index contributed by atoms with van der Waals surface area (Å²) < 4.78 is 15.3. The van der Waals surface area contributed by atoms with E-state index < -0.39 is 31.7 Å². The van der Waals surface area contributed by atoms with Crippen LogP contribution in [0.15, 0.2) is 506 Å². The number of benzene rings is 12. The van der Waals surface area contributed by atoms with E-state index in [4.69, 9.17) is 9.31 Å². The second-order valence-corrected chi connectivity index (χ2v) is 51.5. The summed E-state index contributed by atoms with van der Waals surface area (Å²) in [6.45, 7) is 12.6. The molecule has 0 atom stereocenters. The van der Waals surface area contributed by atoms with Crippen LogP contribution >= 0.6 is 166 Å². The second-order valence-electron chi connectivity index (χ2n) is 31.1. The second kappa shape index (κ2) is 55.2. The fraction of sp³-hybridized carbons (Fsp3) is 0.0690. The third-order valence-corrected chi connectivity index (χ3v) is 41.2. The average Bonchev–Trinajstić information content (AvgIpc) is 1.63. The van der Waals surface area contributed by atoms with Crippen LogP contribution in [-0.2, 0) is 29.7 Å². The summed E-state index contributed by atoms with van der Waals surface area (Å²) in [5, 5.41) is 31.6. The van der Waals surface area contributed by atoms with Crippen LogP contribution in [0.3, 0.4) is 0 Å². The largest absolute Gasteiger partial charge is 0.505 e. The maximum atomic E-state index is 5.90. The van der Waals surface area contributed by atoms with Gasteiger partial charge in [0.15, 0.2) is 0 Å². The Morgan fingerprint density at radius 1 is 0.215 bits per heavy atom. The van der Waals surface area contributed by atoms with Crippen molar-refractivity contribution in [2.75, 3.05) is 0 Å². The smallest absolute Gasteiger partial charge is 0.399 e. The van der Waals surface area contributed by atoms with Gasteiger partial charge in [-0.05, 0) is 278 Å². The van der Waals surface area contributed by atoms with Gasteiger partial charge >= 0.3 is 7.12 Å². The molecule has 0 radical (unpaired) electrons. The van der Waals surface area contributed by atoms with Gasteiger partial charge in [-0.25, -0.2) is 0 Å². The number of thiophene rings is 9. The summed E-state index contributed by atoms with van der Waals surface area (Å²) in [5.41, 5.74) is 2.24. The number of hydrogen-bond acceptors (Lipinski definition) is 11. The molecule has 2 nitrogen and oxygen atoms in total. The van der Waals surface area contributed by atoms with E-state index in [1.54, 1.807) is 68.0 Å². The summed E-state index contributed by atoms with van der Waals surface area (Å²) in [6.07, 6.45) is 0. The van der Waals surface area contributed by atoms with Gasteiger partial charge in [-0.1, -0.05) is 400 Å². The van der Waals surface area contributed by atoms with Crippen LogP contribution in [0.25, 0.3) is 39.0 Å². The number of rotatable bonds is 17. The van der Waals surface area contributed by atoms with Gasteiger partial charge in [0.25, 0.3) is 0 Å². The summed E-state index contributed by atoms with van der Waals surface area (Å²) >= 11 is 22.8. The van der Waals surface area contributed by atoms with Crippen LogP contribution in [0.2, 0.25) is 0 Å². The molecule has 12 aromatic carbocycles. The van der Waals surface area contributed by atoms with Crippen molar-refractivity contribution in [2.45, 2.75) is 52.7 Å². The van der Waals surface area contributed by atoms with Crippen LogP contribution in [0.1, 0.15) is 38.8 Å². The Morgan fingerprint density at radius 2 is 0.437 bits per heavy atom. The maximum Gasteiger partial charge on any atom is 0.505 e. The summed E-state index contributed by atoms with van der Waals surface area (Å²) in [7, 11) is -1.98. The molecule has 1 aliphatic heterocycles. The van der Waals surface area contributed by atoms with Gasteiger partial charge in [0.2, 0.25) is 0 Å². The topological polar surface area (TPSA) is 18.5 Å². The summed E-state index contributed by atoms with van der Waals surface area (Å²) in [5.74, 6) is 0. The Balaban J connectivity index is 0.000000130. The minimum Gasteiger partial charge on any atom is -0.399 e. The van der Waals surface area contributed by atoms with Crippen molar-refractivity contribution in [3.63, 3.8) is 0 Å². The van der Waals surface area contributed by atoms with E-state index in [0.29, 0.717) is 0 Å². The third-order valence-electron chi connectivity index (χ3n) is 20.9. The van der Waals surface area contributed by atoms with Gasteiger partial charge in [-0.3, -0.25) is 0 Å². The van der Waals surface area contributed by atoms with E-state index >= 15 is 0 Å². The summed E-state index contributed by atoms with van der Waals surface area (Å²) in [4.78, 5) is 10.9. The average molecular weight is 2220 g/mol. The number of hydrogen-bond donors (Lipinski definition) is 0. The minimum atomic E-state index is -0.446. The van der Waals surface area contributed by atoms with E-state index in [0.717, 1.165) is 4.78 Å². The fourth-order valence-electron chi connectivity index (χ4n) is 13.8. The normalized spacial score (nSPS) is 11.8. The molecule has 19 heteroatoms. The van der Waals surface area contributed by atoms with Crippen LogP contribution in [0.4, 0.5) is 0 Å². The molecule has 135 heavy (non-hydrogen) atoms. The van der Waals surface area contributed by atoms with Gasteiger partial charge in [-0.15, -0.1) is 90.7 Å². The van der Waals surface area contributed by atoms with Gasteiger partial charge in [-0.2, -0.15) is 11.3 Å². The van der Waals surface area contributed by atoms with Crippen LogP contribution in [-0.4, -0.2) is 18.3 Å². The zero-order chi connectivity index (χ0) is 92.8. The predicted molar refractivity (Wildman–Crippen MR) is 616 cm³/mol. The number of aryl methyl sites for hydroxylation is 2. The first-order valence-electron chi connectivity index (χ1n) is 43.6. The Bertz CT molecular complexity index is 5790. The van der Waals surface area contributed by atoms with Crippen molar-refractivity contribution in [3.8, 4) is 39.0 Å². The molecule has 0 bridgehead atoms. The van der Waals surface area contributed by atoms with Crippen molar-refractivity contribution in [3.05, 3.63) is 517 Å². The van der Waals surface area contributed by atoms with Crippen LogP contribution in [0, 0.1) is 13.8 Å². The molecule has 0 unspecified atom stereocenters. The monoisotopic (exact) mass is 2210 g/mol. The van der Waals surface area contributed by atoms with Crippen LogP contribution in [0.5, 0.6) is 0 Å². The molecular formula is C116H101BBr2O2P4PdS9. The van der Waals surface area contributed by atoms with Crippen LogP contribution < -0.4 is 68.4 Å².